The number of hydrogen-bond acceptors (Lipinski definition) is 4. The first-order valence-electron chi connectivity index (χ1n) is 11.5. The maximum atomic E-state index is 13.5. The van der Waals surface area contributed by atoms with Crippen LogP contribution >= 0.6 is 0 Å². The average Bonchev–Trinajstić information content (AvgIpc) is 3.20. The van der Waals surface area contributed by atoms with Crippen LogP contribution < -0.4 is 20.1 Å². The molecule has 2 aliphatic rings. The van der Waals surface area contributed by atoms with Gasteiger partial charge in [-0.25, -0.2) is 18.0 Å². The smallest absolute Gasteiger partial charge is 0.319 e. The fraction of sp³-hybridized carbons (Fsp3) is 0.480. The zero-order chi connectivity index (χ0) is 24.3. The van der Waals surface area contributed by atoms with E-state index < -0.39 is 24.3 Å². The predicted octanol–water partition coefficient (Wildman–Crippen LogP) is 4.64. The topological polar surface area (TPSA) is 62.8 Å². The van der Waals surface area contributed by atoms with Crippen molar-refractivity contribution in [3.05, 3.63) is 53.6 Å². The number of methoxy groups -OCH3 is 2. The molecule has 3 atom stereocenters. The molecule has 1 heterocycles. The van der Waals surface area contributed by atoms with E-state index in [-0.39, 0.29) is 23.2 Å². The fourth-order valence-electron chi connectivity index (χ4n) is 5.56. The highest BCUT2D eigenvalue weighted by atomic mass is 19.2. The zero-order valence-electron chi connectivity index (χ0n) is 19.4. The van der Waals surface area contributed by atoms with Gasteiger partial charge in [-0.1, -0.05) is 6.07 Å². The molecule has 1 aliphatic carbocycles. The minimum Gasteiger partial charge on any atom is -0.493 e. The van der Waals surface area contributed by atoms with Crippen LogP contribution in [0.3, 0.4) is 0 Å². The van der Waals surface area contributed by atoms with Gasteiger partial charge in [0.05, 0.1) is 14.2 Å². The third kappa shape index (κ3) is 4.66. The molecule has 1 aliphatic heterocycles. The second-order valence-electron chi connectivity index (χ2n) is 8.92. The first-order chi connectivity index (χ1) is 16.4. The molecule has 2 aromatic carbocycles. The van der Waals surface area contributed by atoms with Crippen LogP contribution in [0.4, 0.5) is 23.7 Å². The van der Waals surface area contributed by atoms with Crippen molar-refractivity contribution in [2.45, 2.75) is 43.2 Å². The number of hydrogen-bond donors (Lipinski definition) is 2. The second-order valence-corrected chi connectivity index (χ2v) is 8.92. The summed E-state index contributed by atoms with van der Waals surface area (Å²) in [7, 11) is 3.20. The van der Waals surface area contributed by atoms with Crippen LogP contribution in [0.5, 0.6) is 11.5 Å². The number of likely N-dealkylation sites (tertiary alicyclic amines) is 1. The summed E-state index contributed by atoms with van der Waals surface area (Å²) in [5.41, 5.74) is 1.12. The Balaban J connectivity index is 1.51. The molecule has 2 N–H and O–H groups in total. The van der Waals surface area contributed by atoms with Gasteiger partial charge in [0.25, 0.3) is 0 Å². The van der Waals surface area contributed by atoms with E-state index in [0.717, 1.165) is 43.5 Å². The molecule has 34 heavy (non-hydrogen) atoms. The number of alkyl halides is 1. The third-order valence-electron chi connectivity index (χ3n) is 7.21. The molecule has 2 aromatic rings. The standard InChI is InChI=1S/C25H30F3N3O3/c1-33-21-6-3-16(13-22(21)34-2)25-8-7-18(15-23(25)31(11-9-25)12-10-26)30-24(32)29-17-4-5-19(27)20(28)14-17/h3-6,13-14,18,23H,7-12,15H2,1-2H3,(H2,29,30,32). The third-order valence-corrected chi connectivity index (χ3v) is 7.21. The first kappa shape index (κ1) is 24.2. The van der Waals surface area contributed by atoms with Crippen molar-refractivity contribution in [3.8, 4) is 11.5 Å². The molecule has 9 heteroatoms. The Morgan fingerprint density at radius 3 is 2.59 bits per heavy atom. The Morgan fingerprint density at radius 1 is 1.09 bits per heavy atom. The van der Waals surface area contributed by atoms with Crippen LogP contribution in [0, 0.1) is 11.6 Å². The van der Waals surface area contributed by atoms with Crippen molar-refractivity contribution in [1.82, 2.24) is 10.2 Å². The number of rotatable bonds is 7. The number of fused-ring (bicyclic) bond motifs is 1. The molecule has 1 saturated heterocycles. The number of urea groups is 1. The number of benzene rings is 2. The molecule has 0 bridgehead atoms. The van der Waals surface area contributed by atoms with Crippen molar-refractivity contribution in [2.24, 2.45) is 0 Å². The molecule has 184 valence electrons. The summed E-state index contributed by atoms with van der Waals surface area (Å²) in [4.78, 5) is 14.7. The van der Waals surface area contributed by atoms with E-state index in [1.807, 2.05) is 12.1 Å². The summed E-state index contributed by atoms with van der Waals surface area (Å²) in [6, 6.07) is 8.61. The van der Waals surface area contributed by atoms with Gasteiger partial charge in [-0.3, -0.25) is 4.90 Å². The highest BCUT2D eigenvalue weighted by molar-refractivity contribution is 5.89. The molecule has 6 nitrogen and oxygen atoms in total. The van der Waals surface area contributed by atoms with Crippen molar-refractivity contribution < 1.29 is 27.4 Å². The predicted molar refractivity (Wildman–Crippen MR) is 123 cm³/mol. The largest absolute Gasteiger partial charge is 0.493 e. The monoisotopic (exact) mass is 477 g/mol. The van der Waals surface area contributed by atoms with Crippen molar-refractivity contribution >= 4 is 11.7 Å². The van der Waals surface area contributed by atoms with Crippen LogP contribution in [-0.4, -0.2) is 57.0 Å². The van der Waals surface area contributed by atoms with Crippen LogP contribution in [0.1, 0.15) is 31.2 Å². The van der Waals surface area contributed by atoms with Gasteiger partial charge in [0.15, 0.2) is 23.1 Å². The van der Waals surface area contributed by atoms with Gasteiger partial charge in [0, 0.05) is 35.8 Å². The molecular formula is C25H30F3N3O3. The van der Waals surface area contributed by atoms with E-state index in [1.54, 1.807) is 14.2 Å². The van der Waals surface area contributed by atoms with Crippen molar-refractivity contribution in [2.75, 3.05) is 39.3 Å². The van der Waals surface area contributed by atoms with Gasteiger partial charge in [-0.2, -0.15) is 0 Å². The molecule has 2 fully saturated rings. The SMILES string of the molecule is COc1ccc(C23CCC(NC(=O)Nc4ccc(F)c(F)c4)CC2N(CCF)CC3)cc1OC. The van der Waals surface area contributed by atoms with Gasteiger partial charge in [0.1, 0.15) is 6.67 Å². The minimum absolute atomic E-state index is 0.0451. The molecule has 2 amide bonds. The van der Waals surface area contributed by atoms with Crippen LogP contribution in [0.2, 0.25) is 0 Å². The number of carbonyl (C=O) groups excluding carboxylic acids is 1. The quantitative estimate of drug-likeness (QED) is 0.610. The Hall–Kier alpha value is -2.94. The molecule has 1 saturated carbocycles. The Labute approximate surface area is 197 Å². The van der Waals surface area contributed by atoms with Gasteiger partial charge in [-0.15, -0.1) is 0 Å². The van der Waals surface area contributed by atoms with E-state index in [1.165, 1.54) is 6.07 Å². The van der Waals surface area contributed by atoms with E-state index in [4.69, 9.17) is 9.47 Å². The Kier molecular flexibility index (Phi) is 7.21. The summed E-state index contributed by atoms with van der Waals surface area (Å²) >= 11 is 0. The number of ether oxygens (including phenoxy) is 2. The van der Waals surface area contributed by atoms with Crippen LogP contribution in [0.15, 0.2) is 36.4 Å². The fourth-order valence-corrected chi connectivity index (χ4v) is 5.56. The van der Waals surface area contributed by atoms with E-state index in [0.29, 0.717) is 24.5 Å². The van der Waals surface area contributed by atoms with E-state index in [9.17, 15) is 18.0 Å². The highest BCUT2D eigenvalue weighted by Gasteiger charge is 2.51. The normalized spacial score (nSPS) is 24.4. The molecule has 3 unspecified atom stereocenters. The van der Waals surface area contributed by atoms with Gasteiger partial charge in [0.2, 0.25) is 0 Å². The summed E-state index contributed by atoms with van der Waals surface area (Å²) in [6.07, 6.45) is 3.09. The lowest BCUT2D eigenvalue weighted by molar-refractivity contribution is 0.130. The minimum atomic E-state index is -1.03. The summed E-state index contributed by atoms with van der Waals surface area (Å²) < 4.78 is 50.9. The number of nitrogens with zero attached hydrogens (tertiary/aromatic N) is 1. The number of anilines is 1. The zero-order valence-corrected chi connectivity index (χ0v) is 19.4. The lowest BCUT2D eigenvalue weighted by Crippen LogP contribution is -2.53. The van der Waals surface area contributed by atoms with Gasteiger partial charge < -0.3 is 20.1 Å². The molecule has 0 spiro atoms. The number of nitrogens with one attached hydrogen (secondary N) is 2. The Bertz CT molecular complexity index is 1040. The molecular weight excluding hydrogens is 447 g/mol. The van der Waals surface area contributed by atoms with Gasteiger partial charge in [-0.05, 0) is 62.1 Å². The number of amides is 2. The molecule has 4 rings (SSSR count). The average molecular weight is 478 g/mol. The van der Waals surface area contributed by atoms with E-state index in [2.05, 4.69) is 21.6 Å². The van der Waals surface area contributed by atoms with Crippen molar-refractivity contribution in [3.63, 3.8) is 0 Å². The summed E-state index contributed by atoms with van der Waals surface area (Å²) in [6.45, 7) is 0.678. The lowest BCUT2D eigenvalue weighted by Gasteiger charge is -2.45. The van der Waals surface area contributed by atoms with Crippen LogP contribution in [0.25, 0.3) is 0 Å². The first-order valence-corrected chi connectivity index (χ1v) is 11.5. The molecule has 0 radical (unpaired) electrons. The number of carbonyl (C=O) groups is 1. The lowest BCUT2D eigenvalue weighted by atomic mass is 9.65. The number of halogens is 3. The maximum Gasteiger partial charge on any atom is 0.319 e. The van der Waals surface area contributed by atoms with Crippen molar-refractivity contribution in [1.29, 1.82) is 0 Å². The van der Waals surface area contributed by atoms with E-state index >= 15 is 0 Å². The maximum absolute atomic E-state index is 13.5. The second kappa shape index (κ2) is 10.1. The molecule has 0 aromatic heterocycles. The highest BCUT2D eigenvalue weighted by Crippen LogP contribution is 2.50. The Morgan fingerprint density at radius 2 is 1.88 bits per heavy atom. The summed E-state index contributed by atoms with van der Waals surface area (Å²) in [5.74, 6) is -0.688. The van der Waals surface area contributed by atoms with Gasteiger partial charge >= 0.3 is 6.03 Å². The summed E-state index contributed by atoms with van der Waals surface area (Å²) in [5, 5.41) is 5.52. The van der Waals surface area contributed by atoms with Crippen LogP contribution in [-0.2, 0) is 5.41 Å².